The molecule has 0 spiro atoms. The lowest BCUT2D eigenvalue weighted by molar-refractivity contribution is 0.147. The van der Waals surface area contributed by atoms with Gasteiger partial charge < -0.3 is 4.89 Å². The van der Waals surface area contributed by atoms with Crippen LogP contribution in [-0.2, 0) is 13.6 Å². The second kappa shape index (κ2) is 3.39. The van der Waals surface area contributed by atoms with Crippen LogP contribution in [0.25, 0.3) is 0 Å². The van der Waals surface area contributed by atoms with Gasteiger partial charge in [-0.15, -0.1) is 0 Å². The Balaban J connectivity index is 4.03. The molecule has 0 saturated heterocycles. The van der Waals surface area contributed by atoms with Crippen molar-refractivity contribution in [3.63, 3.8) is 0 Å². The average molecular weight is 209 g/mol. The SMILES string of the molecule is COP(=O)(O)OC(C)(Cl)Cl. The summed E-state index contributed by atoms with van der Waals surface area (Å²) in [5, 5.41) is 0. The van der Waals surface area contributed by atoms with Gasteiger partial charge in [0.1, 0.15) is 0 Å². The molecular weight excluding hydrogens is 202 g/mol. The highest BCUT2D eigenvalue weighted by atomic mass is 35.5. The van der Waals surface area contributed by atoms with E-state index in [0.29, 0.717) is 0 Å². The first-order chi connectivity index (χ1) is 4.27. The lowest BCUT2D eigenvalue weighted by Crippen LogP contribution is -2.10. The zero-order chi connectivity index (χ0) is 8.41. The average Bonchev–Trinajstić information content (AvgIpc) is 1.60. The molecule has 0 radical (unpaired) electrons. The maximum atomic E-state index is 10.5. The van der Waals surface area contributed by atoms with Crippen molar-refractivity contribution in [3.8, 4) is 0 Å². The van der Waals surface area contributed by atoms with E-state index in [1.165, 1.54) is 6.92 Å². The zero-order valence-corrected chi connectivity index (χ0v) is 7.78. The van der Waals surface area contributed by atoms with E-state index in [-0.39, 0.29) is 0 Å². The maximum absolute atomic E-state index is 10.5. The van der Waals surface area contributed by atoms with E-state index in [4.69, 9.17) is 28.1 Å². The van der Waals surface area contributed by atoms with Gasteiger partial charge in [-0.1, -0.05) is 23.2 Å². The Labute approximate surface area is 68.6 Å². The first kappa shape index (κ1) is 10.7. The summed E-state index contributed by atoms with van der Waals surface area (Å²) in [5.41, 5.74) is 0. The van der Waals surface area contributed by atoms with Gasteiger partial charge in [0.2, 0.25) is 4.52 Å². The number of rotatable bonds is 3. The molecule has 0 aliphatic rings. The second-order valence-corrected chi connectivity index (χ2v) is 4.67. The van der Waals surface area contributed by atoms with Gasteiger partial charge in [-0.3, -0.25) is 4.52 Å². The minimum Gasteiger partial charge on any atom is -0.302 e. The second-order valence-electron chi connectivity index (χ2n) is 1.55. The third-order valence-corrected chi connectivity index (χ3v) is 1.93. The number of hydrogen-bond acceptors (Lipinski definition) is 3. The first-order valence-corrected chi connectivity index (χ1v) is 4.49. The molecule has 0 fully saturated rings. The monoisotopic (exact) mass is 208 g/mol. The quantitative estimate of drug-likeness (QED) is 0.569. The van der Waals surface area contributed by atoms with Crippen LogP contribution in [0.2, 0.25) is 0 Å². The summed E-state index contributed by atoms with van der Waals surface area (Å²) in [5.74, 6) is 0. The van der Waals surface area contributed by atoms with Crippen LogP contribution in [0.5, 0.6) is 0 Å². The molecule has 4 nitrogen and oxygen atoms in total. The largest absolute Gasteiger partial charge is 0.474 e. The summed E-state index contributed by atoms with van der Waals surface area (Å²) in [6, 6.07) is 0. The van der Waals surface area contributed by atoms with Crippen LogP contribution >= 0.6 is 31.0 Å². The molecule has 1 N–H and O–H groups in total. The van der Waals surface area contributed by atoms with Crippen molar-refractivity contribution in [2.24, 2.45) is 0 Å². The fraction of sp³-hybridized carbons (Fsp3) is 1.00. The fourth-order valence-corrected chi connectivity index (χ4v) is 1.24. The van der Waals surface area contributed by atoms with Gasteiger partial charge in [-0.05, 0) is 6.92 Å². The molecule has 0 rings (SSSR count). The van der Waals surface area contributed by atoms with E-state index in [1.54, 1.807) is 0 Å². The van der Waals surface area contributed by atoms with Gasteiger partial charge in [0, 0.05) is 7.11 Å². The van der Waals surface area contributed by atoms with E-state index >= 15 is 0 Å². The Morgan fingerprint density at radius 1 is 1.60 bits per heavy atom. The summed E-state index contributed by atoms with van der Waals surface area (Å²) < 4.78 is 17.1. The predicted octanol–water partition coefficient (Wildman–Crippen LogP) is 1.90. The number of alkyl halides is 2. The van der Waals surface area contributed by atoms with Crippen LogP contribution in [0.3, 0.4) is 0 Å². The highest BCUT2D eigenvalue weighted by molar-refractivity contribution is 7.47. The van der Waals surface area contributed by atoms with Crippen LogP contribution in [-0.4, -0.2) is 16.5 Å². The molecule has 1 atom stereocenters. The smallest absolute Gasteiger partial charge is 0.302 e. The van der Waals surface area contributed by atoms with Crippen LogP contribution in [0.1, 0.15) is 6.92 Å². The third kappa shape index (κ3) is 5.47. The molecule has 7 heteroatoms. The van der Waals surface area contributed by atoms with E-state index in [1.807, 2.05) is 0 Å². The van der Waals surface area contributed by atoms with E-state index in [0.717, 1.165) is 7.11 Å². The Morgan fingerprint density at radius 2 is 2.00 bits per heavy atom. The predicted molar refractivity (Wildman–Crippen MR) is 38.0 cm³/mol. The molecular formula is C3H7Cl2O4P. The van der Waals surface area contributed by atoms with Crippen LogP contribution in [0.15, 0.2) is 0 Å². The standard InChI is InChI=1S/C3H7Cl2O4P/c1-3(4,5)9-10(6,7)8-2/h1-2H3,(H,6,7). The Kier molecular flexibility index (Phi) is 3.62. The Morgan fingerprint density at radius 3 is 2.10 bits per heavy atom. The number of halogens is 2. The van der Waals surface area contributed by atoms with Crippen molar-refractivity contribution in [3.05, 3.63) is 0 Å². The van der Waals surface area contributed by atoms with Gasteiger partial charge in [-0.2, -0.15) is 0 Å². The third-order valence-electron chi connectivity index (χ3n) is 0.506. The van der Waals surface area contributed by atoms with Crippen LogP contribution in [0.4, 0.5) is 0 Å². The minimum absolute atomic E-state index is 1.01. The van der Waals surface area contributed by atoms with E-state index < -0.39 is 12.3 Å². The molecule has 0 aromatic rings. The van der Waals surface area contributed by atoms with Crippen molar-refractivity contribution in [2.45, 2.75) is 11.4 Å². The molecule has 0 aliphatic carbocycles. The number of phosphoric ester groups is 1. The van der Waals surface area contributed by atoms with Gasteiger partial charge in [0.05, 0.1) is 0 Å². The van der Waals surface area contributed by atoms with Crippen molar-refractivity contribution in [2.75, 3.05) is 7.11 Å². The van der Waals surface area contributed by atoms with Crippen LogP contribution in [0, 0.1) is 0 Å². The van der Waals surface area contributed by atoms with Crippen LogP contribution < -0.4 is 0 Å². The van der Waals surface area contributed by atoms with Gasteiger partial charge in [-0.25, -0.2) is 9.09 Å². The molecule has 0 bridgehead atoms. The van der Waals surface area contributed by atoms with Crippen molar-refractivity contribution < 1.29 is 18.5 Å². The maximum Gasteiger partial charge on any atom is 0.474 e. The molecule has 0 amide bonds. The number of phosphoric acid groups is 1. The summed E-state index contributed by atoms with van der Waals surface area (Å²) in [6.07, 6.45) is 0. The lowest BCUT2D eigenvalue weighted by atomic mass is 10.9. The highest BCUT2D eigenvalue weighted by Gasteiger charge is 2.30. The van der Waals surface area contributed by atoms with E-state index in [9.17, 15) is 4.57 Å². The molecule has 0 aromatic heterocycles. The number of hydrogen-bond donors (Lipinski definition) is 1. The topological polar surface area (TPSA) is 55.8 Å². The van der Waals surface area contributed by atoms with Gasteiger partial charge in [0.25, 0.3) is 0 Å². The normalized spacial score (nSPS) is 18.5. The molecule has 0 aliphatic heterocycles. The molecule has 10 heavy (non-hydrogen) atoms. The molecule has 62 valence electrons. The van der Waals surface area contributed by atoms with Crippen molar-refractivity contribution in [1.29, 1.82) is 0 Å². The lowest BCUT2D eigenvalue weighted by Gasteiger charge is -2.16. The molecule has 0 aromatic carbocycles. The summed E-state index contributed by atoms with van der Waals surface area (Å²) in [7, 11) is -3.04. The van der Waals surface area contributed by atoms with E-state index in [2.05, 4.69) is 9.05 Å². The summed E-state index contributed by atoms with van der Waals surface area (Å²) in [6.45, 7) is 1.21. The summed E-state index contributed by atoms with van der Waals surface area (Å²) >= 11 is 10.5. The van der Waals surface area contributed by atoms with Gasteiger partial charge >= 0.3 is 7.82 Å². The summed E-state index contributed by atoms with van der Waals surface area (Å²) in [4.78, 5) is 8.60. The van der Waals surface area contributed by atoms with Crippen molar-refractivity contribution >= 4 is 31.0 Å². The Hall–Kier alpha value is 0.690. The first-order valence-electron chi connectivity index (χ1n) is 2.24. The van der Waals surface area contributed by atoms with Gasteiger partial charge in [0.15, 0.2) is 0 Å². The highest BCUT2D eigenvalue weighted by Crippen LogP contribution is 2.48. The zero-order valence-electron chi connectivity index (χ0n) is 5.38. The fourth-order valence-electron chi connectivity index (χ4n) is 0.240. The Bertz CT molecular complexity index is 153. The molecule has 1 unspecified atom stereocenters. The molecule has 0 heterocycles. The van der Waals surface area contributed by atoms with Crippen molar-refractivity contribution in [1.82, 2.24) is 0 Å². The molecule has 0 saturated carbocycles. The minimum atomic E-state index is -4.06.